The van der Waals surface area contributed by atoms with Gasteiger partial charge in [0, 0.05) is 61.2 Å². The van der Waals surface area contributed by atoms with Crippen LogP contribution in [0.2, 0.25) is 0 Å². The van der Waals surface area contributed by atoms with E-state index < -0.39 is 228 Å². The van der Waals surface area contributed by atoms with Crippen LogP contribution in [0, 0.1) is 23.7 Å². The molecular weight excluding hydrogens is 1530 g/mol. The van der Waals surface area contributed by atoms with Gasteiger partial charge in [-0.05, 0) is 104 Å². The van der Waals surface area contributed by atoms with Crippen molar-refractivity contribution in [2.75, 3.05) is 18.1 Å². The van der Waals surface area contributed by atoms with Gasteiger partial charge in [-0.15, -0.1) is 0 Å². The molecule has 37 heteroatoms. The molecule has 1 fully saturated rings. The average molecular weight is 1640 g/mol. The maximum absolute atomic E-state index is 15.0. The molecule has 1 aliphatic heterocycles. The van der Waals surface area contributed by atoms with Crippen LogP contribution < -0.4 is 74.9 Å². The molecule has 1 aliphatic rings. The third-order valence-corrected chi connectivity index (χ3v) is 21.7. The number of amides is 13. The van der Waals surface area contributed by atoms with E-state index in [0.717, 1.165) is 32.5 Å². The van der Waals surface area contributed by atoms with Crippen LogP contribution in [-0.4, -0.2) is 217 Å². The number of carbonyl (C=O) groups is 16. The number of hydrogen-bond acceptors (Lipinski definition) is 20. The molecule has 15 atom stereocenters. The van der Waals surface area contributed by atoms with Gasteiger partial charge in [0.05, 0.1) is 6.42 Å². The maximum atomic E-state index is 15.0. The monoisotopic (exact) mass is 1640 g/mol. The van der Waals surface area contributed by atoms with Gasteiger partial charge in [0.2, 0.25) is 76.8 Å². The molecule has 4 aromatic rings. The van der Waals surface area contributed by atoms with E-state index in [2.05, 4.69) is 74.1 Å². The fourth-order valence-electron chi connectivity index (χ4n) is 12.3. The highest BCUT2D eigenvalue weighted by Crippen LogP contribution is 2.26. The molecule has 13 amide bonds. The number of nitrogens with one attached hydrogen (secondary N) is 14. The van der Waals surface area contributed by atoms with Gasteiger partial charge >= 0.3 is 17.9 Å². The quantitative estimate of drug-likeness (QED) is 0.0218. The zero-order valence-corrected chi connectivity index (χ0v) is 67.9. The molecule has 2 heterocycles. The Morgan fingerprint density at radius 3 is 1.64 bits per heavy atom. The fraction of sp³-hybridized carbons (Fsp3) is 0.538. The summed E-state index contributed by atoms with van der Waals surface area (Å²) in [5.74, 6) is -19.9. The van der Waals surface area contributed by atoms with Crippen molar-refractivity contribution in [2.24, 2.45) is 29.4 Å². The average Bonchev–Trinajstić information content (AvgIpc) is 1.77. The topological polar surface area (TPSA) is 552 Å². The number of nitrogens with two attached hydrogens (primary N) is 1. The minimum Gasteiger partial charge on any atom is -0.508 e. The second-order valence-corrected chi connectivity index (χ2v) is 32.0. The van der Waals surface area contributed by atoms with Crippen molar-refractivity contribution in [3.63, 3.8) is 0 Å². The smallest absolute Gasteiger partial charge is 0.326 e. The van der Waals surface area contributed by atoms with Gasteiger partial charge in [-0.2, -0.15) is 0 Å². The summed E-state index contributed by atoms with van der Waals surface area (Å²) in [4.78, 5) is 227. The van der Waals surface area contributed by atoms with E-state index in [1.807, 2.05) is 0 Å². The largest absolute Gasteiger partial charge is 0.508 e. The first-order chi connectivity index (χ1) is 54.4. The summed E-state index contributed by atoms with van der Waals surface area (Å²) in [5.41, 5.74) is 7.96. The van der Waals surface area contributed by atoms with Crippen molar-refractivity contribution < 1.29 is 97.1 Å². The highest BCUT2D eigenvalue weighted by molar-refractivity contribution is 8.76. The highest BCUT2D eigenvalue weighted by atomic mass is 33.1. The molecule has 1 saturated heterocycles. The SMILES string of the molecule is CC[C@H](C)[C@H](NC(=O)[C@H](CC(=O)O)NC(=O)[C@H](CC(C)C)NC(=O)[C@H](C)NC(=O)[C@@H]1CSSC[C@H](NC(=O)[C@H](CCC(=O)O)NC(=O)[C@H](CCCCN)NC(C)=O)C(=O)N[C@@H](C(C)C)C(=O)N[C@@H](Cc2ccc(O)cc2)C(=O)N[C@@H](Cc2ccccc2)C(=O)N1)C(=O)N[C@H](C(=O)N[C@@H](Cc1c[nH]c2ccccc12)C(=O)O)[C@@H](C)CC. The van der Waals surface area contributed by atoms with Gasteiger partial charge in [-0.25, -0.2) is 4.79 Å². The summed E-state index contributed by atoms with van der Waals surface area (Å²) in [7, 11) is 1.72. The number of carboxylic acids is 3. The highest BCUT2D eigenvalue weighted by Gasteiger charge is 2.40. The summed E-state index contributed by atoms with van der Waals surface area (Å²) in [6, 6.07) is 1.30. The van der Waals surface area contributed by atoms with Crippen LogP contribution in [0.4, 0.5) is 0 Å². The number of para-hydroxylation sites is 1. The minimum absolute atomic E-state index is 0.0825. The van der Waals surface area contributed by atoms with Crippen LogP contribution >= 0.6 is 21.6 Å². The molecule has 35 nitrogen and oxygen atoms in total. The number of benzene rings is 3. The Hall–Kier alpha value is -10.8. The van der Waals surface area contributed by atoms with Gasteiger partial charge in [0.1, 0.15) is 84.3 Å². The molecule has 0 unspecified atom stereocenters. The third-order valence-electron chi connectivity index (χ3n) is 19.3. The second kappa shape index (κ2) is 47.1. The molecule has 3 aromatic carbocycles. The molecule has 0 aliphatic carbocycles. The first-order valence-electron chi connectivity index (χ1n) is 38.3. The van der Waals surface area contributed by atoms with Crippen molar-refractivity contribution in [2.45, 2.75) is 225 Å². The summed E-state index contributed by atoms with van der Waals surface area (Å²) in [5, 5.41) is 74.7. The number of aromatic nitrogens is 1. The number of H-pyrrole nitrogens is 1. The zero-order chi connectivity index (χ0) is 85.3. The van der Waals surface area contributed by atoms with Gasteiger partial charge in [0.25, 0.3) is 0 Å². The zero-order valence-electron chi connectivity index (χ0n) is 66.2. The van der Waals surface area contributed by atoms with E-state index in [9.17, 15) is 97.1 Å². The lowest BCUT2D eigenvalue weighted by Crippen LogP contribution is -2.62. The molecule has 115 heavy (non-hydrogen) atoms. The Morgan fingerprint density at radius 2 is 1.06 bits per heavy atom. The third kappa shape index (κ3) is 31.1. The molecule has 0 spiro atoms. The summed E-state index contributed by atoms with van der Waals surface area (Å²) in [6.07, 6.45) is 0.171. The Labute approximate surface area is 674 Å². The number of carbonyl (C=O) groups excluding carboxylic acids is 13. The fourth-order valence-corrected chi connectivity index (χ4v) is 14.7. The molecule has 630 valence electrons. The van der Waals surface area contributed by atoms with Gasteiger partial charge in [-0.3, -0.25) is 71.9 Å². The predicted molar refractivity (Wildman–Crippen MR) is 428 cm³/mol. The molecule has 5 rings (SSSR count). The van der Waals surface area contributed by atoms with Gasteiger partial charge < -0.3 is 100 Å². The second-order valence-electron chi connectivity index (χ2n) is 29.4. The summed E-state index contributed by atoms with van der Waals surface area (Å²) in [6.45, 7) is 15.9. The van der Waals surface area contributed by atoms with Crippen LogP contribution in [0.15, 0.2) is 85.1 Å². The van der Waals surface area contributed by atoms with Gasteiger partial charge in [-0.1, -0.05) is 150 Å². The number of hydrogen-bond donors (Lipinski definition) is 19. The number of phenols is 1. The Balaban J connectivity index is 1.46. The van der Waals surface area contributed by atoms with Crippen LogP contribution in [0.1, 0.15) is 144 Å². The van der Waals surface area contributed by atoms with Gasteiger partial charge in [0.15, 0.2) is 0 Å². The van der Waals surface area contributed by atoms with Crippen molar-refractivity contribution in [1.29, 1.82) is 0 Å². The van der Waals surface area contributed by atoms with Crippen molar-refractivity contribution in [3.8, 4) is 5.75 Å². The molecule has 0 bridgehead atoms. The minimum atomic E-state index is -1.91. The Morgan fingerprint density at radius 1 is 0.530 bits per heavy atom. The number of aromatic amines is 1. The van der Waals surface area contributed by atoms with E-state index >= 15 is 0 Å². The maximum Gasteiger partial charge on any atom is 0.326 e. The standard InChI is InChI=1S/C78H111N15O20S2/c1-11-42(7)64(76(110)88-58(78(112)113)35-48-37-80-51-23-17-16-22-50(48)51)93-77(111)65(43(8)12-2)92-72(106)57(36-62(98)99)86-69(103)54(32-40(3)4)84-66(100)44(9)81-73(107)59-38-114-115-39-60(89-68(102)53(29-30-61(96)97)83-67(101)52(82-45(10)94)24-18-19-31-79)74(108)91-63(41(5)6)75(109)87-56(34-47-25-27-49(95)28-26-47)70(104)85-55(71(105)90-59)33-46-20-14-13-15-21-46/h13-17,20-23,25-28,37,40-44,52-60,63-65,80,95H,11-12,18-19,24,29-36,38-39,79H2,1-10H3,(H,81,107)(H,82,94)(H,83,101)(H,84,100)(H,85,104)(H,86,103)(H,87,109)(H,88,110)(H,89,102)(H,90,105)(H,91,108)(H,92,106)(H,93,111)(H,96,97)(H,98,99)(H,112,113)/t42-,43-,44-,52-,53-,54-,55-,56-,57-,58-,59-,60-,63-,64-,65-/m0/s1. The van der Waals surface area contributed by atoms with Crippen LogP contribution in [0.5, 0.6) is 5.75 Å². The molecule has 0 radical (unpaired) electrons. The normalized spacial score (nSPS) is 19.0. The van der Waals surface area contributed by atoms with E-state index in [0.29, 0.717) is 36.0 Å². The van der Waals surface area contributed by atoms with Crippen molar-refractivity contribution in [3.05, 3.63) is 102 Å². The van der Waals surface area contributed by atoms with E-state index in [4.69, 9.17) is 5.73 Å². The van der Waals surface area contributed by atoms with E-state index in [-0.39, 0.29) is 50.8 Å². The summed E-state index contributed by atoms with van der Waals surface area (Å²) >= 11 is 0. The molecule has 0 saturated carbocycles. The lowest BCUT2D eigenvalue weighted by molar-refractivity contribution is -0.143. The number of unbranched alkanes of at least 4 members (excludes halogenated alkanes) is 1. The van der Waals surface area contributed by atoms with E-state index in [1.165, 1.54) is 38.1 Å². The number of aliphatic carboxylic acids is 3. The lowest BCUT2D eigenvalue weighted by Gasteiger charge is -2.30. The lowest BCUT2D eigenvalue weighted by atomic mass is 9.94. The first-order valence-corrected chi connectivity index (χ1v) is 40.8. The number of rotatable bonds is 40. The number of fused-ring (bicyclic) bond motifs is 1. The van der Waals surface area contributed by atoms with Crippen LogP contribution in [0.25, 0.3) is 10.9 Å². The number of aromatic hydroxyl groups is 1. The first kappa shape index (κ1) is 94.8. The molecule has 20 N–H and O–H groups in total. The number of phenolic OH excluding ortho intramolecular Hbond substituents is 1. The molecule has 1 aromatic heterocycles. The molecular formula is C78H111N15O20S2. The number of carboxylic acid groups (broad SMARTS) is 3. The van der Waals surface area contributed by atoms with Crippen LogP contribution in [-0.2, 0) is 96.0 Å². The Bertz CT molecular complexity index is 4040. The van der Waals surface area contributed by atoms with Crippen molar-refractivity contribution in [1.82, 2.24) is 74.1 Å². The van der Waals surface area contributed by atoms with Crippen molar-refractivity contribution >= 4 is 127 Å². The summed E-state index contributed by atoms with van der Waals surface area (Å²) < 4.78 is 0. The predicted octanol–water partition coefficient (Wildman–Crippen LogP) is 0.986. The van der Waals surface area contributed by atoms with Crippen LogP contribution in [0.3, 0.4) is 0 Å². The van der Waals surface area contributed by atoms with E-state index in [1.54, 1.807) is 116 Å². The Kier molecular flexibility index (Phi) is 38.8.